The van der Waals surface area contributed by atoms with E-state index in [1.165, 1.54) is 6.07 Å². The van der Waals surface area contributed by atoms with Crippen LogP contribution in [0.4, 0.5) is 21.7 Å². The van der Waals surface area contributed by atoms with Crippen molar-refractivity contribution in [3.63, 3.8) is 0 Å². The van der Waals surface area contributed by atoms with Crippen LogP contribution in [0.3, 0.4) is 0 Å². The molecule has 0 unspecified atom stereocenters. The first kappa shape index (κ1) is 18.6. The Hall–Kier alpha value is -0.479. The largest absolute Gasteiger partial charge is 1.00 e. The number of hydrogen-bond acceptors (Lipinski definition) is 2. The van der Waals surface area contributed by atoms with Gasteiger partial charge in [0.05, 0.1) is 11.8 Å². The molecule has 0 radical (unpaired) electrons. The van der Waals surface area contributed by atoms with Crippen molar-refractivity contribution in [1.29, 1.82) is 0 Å². The third kappa shape index (κ3) is 5.03. The Balaban J connectivity index is 0.00000220. The maximum Gasteiger partial charge on any atom is 1.00 e. The molecule has 0 saturated carbocycles. The first-order chi connectivity index (χ1) is 9.38. The molecule has 9 heteroatoms. The van der Waals surface area contributed by atoms with Gasteiger partial charge in [0, 0.05) is 6.20 Å². The van der Waals surface area contributed by atoms with Gasteiger partial charge in [-0.15, -0.1) is 0 Å². The fraction of sp³-hybridized carbons (Fsp3) is 0.0833. The van der Waals surface area contributed by atoms with Crippen molar-refractivity contribution >= 4 is 12.4 Å². The summed E-state index contributed by atoms with van der Waals surface area (Å²) in [4.78, 5) is 3.39. The van der Waals surface area contributed by atoms with Crippen LogP contribution >= 0.6 is 0 Å². The summed E-state index contributed by atoms with van der Waals surface area (Å²) in [6, 6.07) is 4.00. The summed E-state index contributed by atoms with van der Waals surface area (Å²) in [6.07, 6.45) is 1.71. The molecule has 0 aliphatic rings. The van der Waals surface area contributed by atoms with E-state index in [4.69, 9.17) is 4.74 Å². The van der Waals surface area contributed by atoms with E-state index >= 15 is 0 Å². The molecule has 0 saturated heterocycles. The van der Waals surface area contributed by atoms with Gasteiger partial charge in [-0.2, -0.15) is 0 Å². The molecule has 21 heavy (non-hydrogen) atoms. The van der Waals surface area contributed by atoms with E-state index < -0.39 is 30.7 Å². The van der Waals surface area contributed by atoms with Crippen molar-refractivity contribution in [1.82, 2.24) is 4.98 Å². The fourth-order valence-corrected chi connectivity index (χ4v) is 1.52. The van der Waals surface area contributed by atoms with Crippen LogP contribution in [0.2, 0.25) is 0 Å². The molecule has 0 bridgehead atoms. The van der Waals surface area contributed by atoms with Crippen molar-refractivity contribution in [2.75, 3.05) is 0 Å². The standard InChI is InChI=1S/C12H8BF5NO.K/c14-11-2-1-3-12(15)10(11)7-20-9-4-8(5-19-6-9)13(16,17)18;/h1-6H,7H2;/q-1;+1. The van der Waals surface area contributed by atoms with Gasteiger partial charge in [0.2, 0.25) is 0 Å². The Morgan fingerprint density at radius 1 is 1.05 bits per heavy atom. The Kier molecular flexibility index (Phi) is 6.79. The van der Waals surface area contributed by atoms with Crippen LogP contribution < -0.4 is 61.6 Å². The molecule has 0 atom stereocenters. The van der Waals surface area contributed by atoms with Crippen molar-refractivity contribution in [2.45, 2.75) is 6.61 Å². The van der Waals surface area contributed by atoms with E-state index in [2.05, 4.69) is 4.98 Å². The number of rotatable bonds is 4. The molecular weight excluding hydrogens is 319 g/mol. The van der Waals surface area contributed by atoms with Crippen LogP contribution in [0.25, 0.3) is 0 Å². The summed E-state index contributed by atoms with van der Waals surface area (Å²) < 4.78 is 69.1. The average molecular weight is 327 g/mol. The van der Waals surface area contributed by atoms with Crippen LogP contribution in [0.15, 0.2) is 36.7 Å². The summed E-state index contributed by atoms with van der Waals surface area (Å²) in [7, 11) is 0. The Bertz CT molecular complexity index is 603. The van der Waals surface area contributed by atoms with Gasteiger partial charge in [0.15, 0.2) is 0 Å². The van der Waals surface area contributed by atoms with Gasteiger partial charge in [0.1, 0.15) is 24.0 Å². The van der Waals surface area contributed by atoms with E-state index in [9.17, 15) is 21.7 Å². The molecule has 0 N–H and O–H groups in total. The predicted molar refractivity (Wildman–Crippen MR) is 63.6 cm³/mol. The van der Waals surface area contributed by atoms with Crippen LogP contribution in [-0.4, -0.2) is 12.0 Å². The van der Waals surface area contributed by atoms with Gasteiger partial charge in [0.25, 0.3) is 0 Å². The number of ether oxygens (including phenoxy) is 1. The zero-order chi connectivity index (χ0) is 14.8. The normalized spacial score (nSPS) is 10.9. The van der Waals surface area contributed by atoms with Gasteiger partial charge in [-0.25, -0.2) is 8.78 Å². The molecule has 0 aliphatic carbocycles. The number of nitrogens with zero attached hydrogens (tertiary/aromatic N) is 1. The molecule has 0 spiro atoms. The Morgan fingerprint density at radius 2 is 1.67 bits per heavy atom. The fourth-order valence-electron chi connectivity index (χ4n) is 1.52. The van der Waals surface area contributed by atoms with Crippen LogP contribution in [-0.2, 0) is 6.61 Å². The quantitative estimate of drug-likeness (QED) is 0.583. The monoisotopic (exact) mass is 327 g/mol. The summed E-state index contributed by atoms with van der Waals surface area (Å²) in [5.74, 6) is -1.85. The molecule has 0 amide bonds. The summed E-state index contributed by atoms with van der Waals surface area (Å²) in [5.41, 5.74) is -1.29. The van der Waals surface area contributed by atoms with Crippen LogP contribution in [0.1, 0.15) is 5.56 Å². The maximum absolute atomic E-state index is 13.3. The average Bonchev–Trinajstić information content (AvgIpc) is 2.37. The summed E-state index contributed by atoms with van der Waals surface area (Å²) >= 11 is 0. The second kappa shape index (κ2) is 7.68. The molecule has 0 fully saturated rings. The van der Waals surface area contributed by atoms with E-state index in [0.717, 1.165) is 24.4 Å². The summed E-state index contributed by atoms with van der Waals surface area (Å²) in [5, 5.41) is 0. The minimum Gasteiger partial charge on any atom is -0.487 e. The number of halogens is 5. The van der Waals surface area contributed by atoms with Gasteiger partial charge in [-0.3, -0.25) is 4.98 Å². The molecule has 2 rings (SSSR count). The molecule has 2 aromatic rings. The van der Waals surface area contributed by atoms with E-state index in [-0.39, 0.29) is 62.7 Å². The van der Waals surface area contributed by atoms with Crippen LogP contribution in [0.5, 0.6) is 5.75 Å². The predicted octanol–water partition coefficient (Wildman–Crippen LogP) is -0.00280. The van der Waals surface area contributed by atoms with Gasteiger partial charge in [-0.1, -0.05) is 11.5 Å². The molecule has 1 aromatic carbocycles. The first-order valence-corrected chi connectivity index (χ1v) is 5.58. The zero-order valence-electron chi connectivity index (χ0n) is 11.0. The molecule has 106 valence electrons. The molecule has 2 nitrogen and oxygen atoms in total. The minimum atomic E-state index is -5.20. The zero-order valence-corrected chi connectivity index (χ0v) is 14.1. The molecule has 1 aromatic heterocycles. The van der Waals surface area contributed by atoms with Crippen molar-refractivity contribution in [3.8, 4) is 5.75 Å². The molecule has 0 aliphatic heterocycles. The number of aromatic nitrogens is 1. The van der Waals surface area contributed by atoms with Crippen molar-refractivity contribution in [3.05, 3.63) is 53.9 Å². The SMILES string of the molecule is Fc1cccc(F)c1COc1cncc([B-](F)(F)F)c1.[K+]. The number of benzene rings is 1. The Labute approximate surface area is 160 Å². The topological polar surface area (TPSA) is 22.1 Å². The number of pyridine rings is 1. The van der Waals surface area contributed by atoms with Crippen molar-refractivity contribution in [2.24, 2.45) is 0 Å². The second-order valence-corrected chi connectivity index (χ2v) is 4.02. The third-order valence-corrected chi connectivity index (χ3v) is 2.56. The first-order valence-electron chi connectivity index (χ1n) is 5.58. The molecular formula is C12H8BF5KNO. The molecule has 1 heterocycles. The third-order valence-electron chi connectivity index (χ3n) is 2.56. The second-order valence-electron chi connectivity index (χ2n) is 4.02. The van der Waals surface area contributed by atoms with Gasteiger partial charge >= 0.3 is 58.4 Å². The van der Waals surface area contributed by atoms with Gasteiger partial charge < -0.3 is 17.7 Å². The minimum absolute atomic E-state index is 0. The van der Waals surface area contributed by atoms with E-state index in [1.807, 2.05) is 0 Å². The smallest absolute Gasteiger partial charge is 0.487 e. The Morgan fingerprint density at radius 3 is 2.24 bits per heavy atom. The van der Waals surface area contributed by atoms with E-state index in [1.54, 1.807) is 0 Å². The number of hydrogen-bond donors (Lipinski definition) is 0. The van der Waals surface area contributed by atoms with Crippen molar-refractivity contribution < 1.29 is 77.8 Å². The maximum atomic E-state index is 13.3. The van der Waals surface area contributed by atoms with Crippen LogP contribution in [0, 0.1) is 11.6 Å². The van der Waals surface area contributed by atoms with E-state index in [0.29, 0.717) is 6.20 Å². The summed E-state index contributed by atoms with van der Waals surface area (Å²) in [6.45, 7) is -5.72. The van der Waals surface area contributed by atoms with Gasteiger partial charge in [-0.05, 0) is 18.2 Å².